The first-order valence-electron chi connectivity index (χ1n) is 24.9. The SMILES string of the molecule is Cc1cc(C)c(B(c2ccc(N(c3nc(-c4ccccc4)nc(-c4ccc(-c5cccc6cccc(-c7ccccc7)c56)cc4)n3)c3ccccc3-c3ccccc3)cc2)c2c(C)cc(C)cc2C)c(C)c1. The van der Waals surface area contributed by atoms with E-state index >= 15 is 0 Å². The van der Waals surface area contributed by atoms with Crippen molar-refractivity contribution in [1.82, 2.24) is 15.0 Å². The molecule has 0 N–H and O–H groups in total. The first kappa shape index (κ1) is 45.8. The number of aromatic nitrogens is 3. The van der Waals surface area contributed by atoms with Gasteiger partial charge in [-0.1, -0.05) is 256 Å². The predicted octanol–water partition coefficient (Wildman–Crippen LogP) is 15.2. The lowest BCUT2D eigenvalue weighted by molar-refractivity contribution is 1.02. The molecule has 11 aromatic rings. The first-order valence-corrected chi connectivity index (χ1v) is 24.9. The molecule has 1 heterocycles. The minimum Gasteiger partial charge on any atom is -0.278 e. The van der Waals surface area contributed by atoms with Crippen molar-refractivity contribution >= 4 is 51.2 Å². The summed E-state index contributed by atoms with van der Waals surface area (Å²) in [5.41, 5.74) is 22.2. The maximum Gasteiger partial charge on any atom is 0.242 e. The molecule has 0 spiro atoms. The van der Waals surface area contributed by atoms with Crippen LogP contribution in [0, 0.1) is 41.5 Å². The summed E-state index contributed by atoms with van der Waals surface area (Å²) in [5.74, 6) is 1.70. The maximum atomic E-state index is 5.44. The first-order chi connectivity index (χ1) is 35.2. The van der Waals surface area contributed by atoms with E-state index < -0.39 is 0 Å². The molecular weight excluding hydrogens is 872 g/mol. The zero-order valence-corrected chi connectivity index (χ0v) is 41.7. The zero-order chi connectivity index (χ0) is 49.3. The molecule has 0 aliphatic rings. The van der Waals surface area contributed by atoms with Crippen LogP contribution in [-0.4, -0.2) is 21.7 Å². The molecule has 0 unspecified atom stereocenters. The van der Waals surface area contributed by atoms with Crippen molar-refractivity contribution in [3.8, 4) is 56.2 Å². The molecule has 10 aromatic carbocycles. The summed E-state index contributed by atoms with van der Waals surface area (Å²) in [4.78, 5) is 18.3. The van der Waals surface area contributed by atoms with Crippen LogP contribution in [0.2, 0.25) is 0 Å². The molecular formula is C67H55BN4. The zero-order valence-electron chi connectivity index (χ0n) is 41.7. The topological polar surface area (TPSA) is 41.9 Å². The summed E-state index contributed by atoms with van der Waals surface area (Å²) < 4.78 is 0. The lowest BCUT2D eigenvalue weighted by Crippen LogP contribution is -2.55. The minimum atomic E-state index is 0.0283. The third-order valence-electron chi connectivity index (χ3n) is 14.1. The Morgan fingerprint density at radius 2 is 0.750 bits per heavy atom. The highest BCUT2D eigenvalue weighted by atomic mass is 15.3. The fourth-order valence-electron chi connectivity index (χ4n) is 11.0. The van der Waals surface area contributed by atoms with Crippen molar-refractivity contribution in [1.29, 1.82) is 0 Å². The molecule has 0 fully saturated rings. The van der Waals surface area contributed by atoms with Gasteiger partial charge in [-0.15, -0.1) is 0 Å². The van der Waals surface area contributed by atoms with Crippen molar-refractivity contribution in [3.05, 3.63) is 258 Å². The highest BCUT2D eigenvalue weighted by Gasteiger charge is 2.30. The van der Waals surface area contributed by atoms with Crippen molar-refractivity contribution in [2.45, 2.75) is 41.5 Å². The van der Waals surface area contributed by atoms with E-state index in [-0.39, 0.29) is 6.71 Å². The van der Waals surface area contributed by atoms with E-state index in [9.17, 15) is 0 Å². The number of aryl methyl sites for hydroxylation is 6. The Labute approximate surface area is 424 Å². The van der Waals surface area contributed by atoms with Gasteiger partial charge < -0.3 is 0 Å². The van der Waals surface area contributed by atoms with Crippen LogP contribution >= 0.6 is 0 Å². The number of hydrogen-bond donors (Lipinski definition) is 0. The van der Waals surface area contributed by atoms with Crippen LogP contribution in [0.4, 0.5) is 17.3 Å². The van der Waals surface area contributed by atoms with E-state index in [1.807, 2.05) is 18.2 Å². The molecule has 346 valence electrons. The van der Waals surface area contributed by atoms with E-state index in [0.717, 1.165) is 39.2 Å². The van der Waals surface area contributed by atoms with Crippen molar-refractivity contribution in [2.24, 2.45) is 0 Å². The lowest BCUT2D eigenvalue weighted by Gasteiger charge is -2.28. The van der Waals surface area contributed by atoms with Crippen LogP contribution in [0.15, 0.2) is 224 Å². The summed E-state index contributed by atoms with van der Waals surface area (Å²) >= 11 is 0. The highest BCUT2D eigenvalue weighted by Crippen LogP contribution is 2.41. The number of benzene rings is 10. The van der Waals surface area contributed by atoms with Crippen LogP contribution in [0.1, 0.15) is 33.4 Å². The Bertz CT molecular complexity index is 3630. The maximum absolute atomic E-state index is 5.44. The Balaban J connectivity index is 1.08. The van der Waals surface area contributed by atoms with Gasteiger partial charge >= 0.3 is 0 Å². The molecule has 4 nitrogen and oxygen atoms in total. The van der Waals surface area contributed by atoms with E-state index in [0.29, 0.717) is 17.6 Å². The Hall–Kier alpha value is -8.67. The molecule has 72 heavy (non-hydrogen) atoms. The van der Waals surface area contributed by atoms with Gasteiger partial charge in [0.25, 0.3) is 0 Å². The van der Waals surface area contributed by atoms with Crippen molar-refractivity contribution in [3.63, 3.8) is 0 Å². The summed E-state index contributed by atoms with van der Waals surface area (Å²) in [6, 6.07) is 80.2. The second kappa shape index (κ2) is 19.6. The second-order valence-corrected chi connectivity index (χ2v) is 19.2. The number of hydrogen-bond acceptors (Lipinski definition) is 4. The van der Waals surface area contributed by atoms with Gasteiger partial charge in [-0.25, -0.2) is 4.98 Å². The molecule has 0 atom stereocenters. The fourth-order valence-corrected chi connectivity index (χ4v) is 11.0. The minimum absolute atomic E-state index is 0.0283. The number of nitrogens with zero attached hydrogens (tertiary/aromatic N) is 4. The Kier molecular flexibility index (Phi) is 12.5. The molecule has 11 rings (SSSR count). The van der Waals surface area contributed by atoms with E-state index in [1.165, 1.54) is 77.2 Å². The quantitative estimate of drug-likeness (QED) is 0.121. The number of anilines is 3. The molecule has 0 saturated carbocycles. The summed E-state index contributed by atoms with van der Waals surface area (Å²) in [6.45, 7) is 13.5. The number of para-hydroxylation sites is 1. The third kappa shape index (κ3) is 8.91. The third-order valence-corrected chi connectivity index (χ3v) is 14.1. The van der Waals surface area contributed by atoms with Crippen molar-refractivity contribution in [2.75, 3.05) is 4.90 Å². The van der Waals surface area contributed by atoms with E-state index in [2.05, 4.69) is 253 Å². The smallest absolute Gasteiger partial charge is 0.242 e. The molecule has 0 aliphatic carbocycles. The normalized spacial score (nSPS) is 11.2. The van der Waals surface area contributed by atoms with Crippen LogP contribution in [-0.2, 0) is 0 Å². The number of fused-ring (bicyclic) bond motifs is 1. The van der Waals surface area contributed by atoms with Gasteiger partial charge in [-0.3, -0.25) is 4.90 Å². The monoisotopic (exact) mass is 926 g/mol. The number of rotatable bonds is 11. The molecule has 0 aliphatic heterocycles. The standard InChI is InChI=1S/C67H55BN4/c1-44-40-46(3)63(47(4)41-44)68(64-48(5)42-45(2)43-49(64)6)56-36-38-57(39-37-56)72(61-31-17-16-28-58(61)50-20-10-7-11-21-50)67-70-65(54-24-14-9-15-25-54)69-66(71-67)55-34-32-52(33-35-55)60-30-19-27-53-26-18-29-59(62(53)60)51-22-12-8-13-23-51/h7-43H,1-6H3. The van der Waals surface area contributed by atoms with E-state index in [4.69, 9.17) is 15.0 Å². The van der Waals surface area contributed by atoms with Gasteiger partial charge in [-0.2, -0.15) is 9.97 Å². The lowest BCUT2D eigenvalue weighted by atomic mass is 9.34. The largest absolute Gasteiger partial charge is 0.278 e. The van der Waals surface area contributed by atoms with Gasteiger partial charge in [0.15, 0.2) is 11.6 Å². The van der Waals surface area contributed by atoms with Crippen LogP contribution in [0.5, 0.6) is 0 Å². The Morgan fingerprint density at radius 3 is 1.26 bits per heavy atom. The fraction of sp³-hybridized carbons (Fsp3) is 0.0896. The highest BCUT2D eigenvalue weighted by molar-refractivity contribution is 6.96. The summed E-state index contributed by atoms with van der Waals surface area (Å²) in [7, 11) is 0. The molecule has 0 amide bonds. The van der Waals surface area contributed by atoms with Gasteiger partial charge in [0.1, 0.15) is 0 Å². The van der Waals surface area contributed by atoms with E-state index in [1.54, 1.807) is 0 Å². The van der Waals surface area contributed by atoms with Crippen LogP contribution in [0.25, 0.3) is 66.9 Å². The predicted molar refractivity (Wildman–Crippen MR) is 305 cm³/mol. The molecule has 1 aromatic heterocycles. The van der Waals surface area contributed by atoms with Gasteiger partial charge in [0.05, 0.1) is 5.69 Å². The average Bonchev–Trinajstić information content (AvgIpc) is 3.41. The summed E-state index contributed by atoms with van der Waals surface area (Å²) in [6.07, 6.45) is 0. The molecule has 5 heteroatoms. The van der Waals surface area contributed by atoms with Crippen molar-refractivity contribution < 1.29 is 0 Å². The van der Waals surface area contributed by atoms with Crippen LogP contribution < -0.4 is 21.3 Å². The van der Waals surface area contributed by atoms with Gasteiger partial charge in [0.2, 0.25) is 12.7 Å². The summed E-state index contributed by atoms with van der Waals surface area (Å²) in [5, 5.41) is 2.43. The van der Waals surface area contributed by atoms with Gasteiger partial charge in [-0.05, 0) is 98.3 Å². The molecule has 0 bridgehead atoms. The molecule has 0 radical (unpaired) electrons. The van der Waals surface area contributed by atoms with Gasteiger partial charge in [0, 0.05) is 22.4 Å². The second-order valence-electron chi connectivity index (χ2n) is 19.2. The molecule has 0 saturated heterocycles. The van der Waals surface area contributed by atoms with Crippen LogP contribution in [0.3, 0.4) is 0 Å². The average molecular weight is 927 g/mol. The Morgan fingerprint density at radius 1 is 0.347 bits per heavy atom.